The number of likely N-dealkylation sites (tertiary alicyclic amines) is 1. The minimum absolute atomic E-state index is 0.214. The molecule has 1 atom stereocenters. The molecule has 5 rings (SSSR count). The van der Waals surface area contributed by atoms with E-state index in [1.165, 1.54) is 43.6 Å². The minimum Gasteiger partial charge on any atom is -0.494 e. The number of carbonyl (C=O) groups is 1. The number of aromatic nitrogens is 3. The molecule has 230 valence electrons. The number of carbonyl (C=O) groups excluding carboxylic acids is 1. The molecule has 1 aliphatic heterocycles. The van der Waals surface area contributed by atoms with Crippen LogP contribution in [-0.2, 0) is 0 Å². The van der Waals surface area contributed by atoms with Crippen molar-refractivity contribution in [1.82, 2.24) is 19.9 Å². The fourth-order valence-electron chi connectivity index (χ4n) is 5.66. The summed E-state index contributed by atoms with van der Waals surface area (Å²) < 4.78 is 12.0. The van der Waals surface area contributed by atoms with Crippen LogP contribution in [0.1, 0.15) is 54.1 Å². The number of hydrogen-bond donors (Lipinski definition) is 1. The van der Waals surface area contributed by atoms with E-state index in [0.717, 1.165) is 46.8 Å². The quantitative estimate of drug-likeness (QED) is 0.177. The van der Waals surface area contributed by atoms with Gasteiger partial charge in [-0.15, -0.1) is 0 Å². The number of anilines is 2. The lowest BCUT2D eigenvalue weighted by atomic mass is 10.1. The number of aryl methyl sites for hydroxylation is 3. The molecule has 3 heterocycles. The molecule has 1 fully saturated rings. The minimum atomic E-state index is -0.533. The van der Waals surface area contributed by atoms with Gasteiger partial charge in [0.2, 0.25) is 0 Å². The lowest BCUT2D eigenvalue weighted by Gasteiger charge is -2.28. The van der Waals surface area contributed by atoms with E-state index in [4.69, 9.17) is 9.47 Å². The predicted octanol–water partition coefficient (Wildman–Crippen LogP) is 6.91. The Morgan fingerprint density at radius 3 is 2.41 bits per heavy atom. The fraction of sp³-hybridized carbons (Fsp3) is 0.371. The van der Waals surface area contributed by atoms with Gasteiger partial charge >= 0.3 is 6.09 Å². The average molecular weight is 595 g/mol. The van der Waals surface area contributed by atoms with E-state index in [1.807, 2.05) is 75.4 Å². The highest BCUT2D eigenvalue weighted by Gasteiger charge is 2.26. The van der Waals surface area contributed by atoms with Crippen molar-refractivity contribution in [3.05, 3.63) is 102 Å². The van der Waals surface area contributed by atoms with Crippen molar-refractivity contribution >= 4 is 17.6 Å². The number of nitrogens with one attached hydrogen (secondary N) is 1. The highest BCUT2D eigenvalue weighted by Crippen LogP contribution is 2.28. The number of nitrogens with zero attached hydrogens (tertiary/aromatic N) is 5. The van der Waals surface area contributed by atoms with Gasteiger partial charge in [0.15, 0.2) is 0 Å². The zero-order valence-corrected chi connectivity index (χ0v) is 25.9. The molecule has 0 spiro atoms. The average Bonchev–Trinajstić information content (AvgIpc) is 3.05. The van der Waals surface area contributed by atoms with Gasteiger partial charge in [0.05, 0.1) is 24.9 Å². The highest BCUT2D eigenvalue weighted by atomic mass is 16.6. The lowest BCUT2D eigenvalue weighted by molar-refractivity contribution is 0.205. The Bertz CT molecular complexity index is 1450. The molecule has 4 aromatic rings. The largest absolute Gasteiger partial charge is 0.494 e. The first-order valence-electron chi connectivity index (χ1n) is 15.4. The van der Waals surface area contributed by atoms with Crippen molar-refractivity contribution in [2.75, 3.05) is 43.0 Å². The SMILES string of the molecule is Cc1cc(C)c(OC(=O)N(CC(Nc2ccc(OCCCN3CCCCC3)cc2)c2ccccn2)c2ccncn2)c(C)c1. The smallest absolute Gasteiger partial charge is 0.421 e. The topological polar surface area (TPSA) is 92.7 Å². The van der Waals surface area contributed by atoms with Crippen LogP contribution in [0.3, 0.4) is 0 Å². The van der Waals surface area contributed by atoms with Crippen molar-refractivity contribution in [1.29, 1.82) is 0 Å². The van der Waals surface area contributed by atoms with Crippen LogP contribution in [0.2, 0.25) is 0 Å². The summed E-state index contributed by atoms with van der Waals surface area (Å²) in [7, 11) is 0. The first-order chi connectivity index (χ1) is 21.5. The number of hydrogen-bond acceptors (Lipinski definition) is 8. The van der Waals surface area contributed by atoms with E-state index in [9.17, 15) is 4.79 Å². The Labute approximate surface area is 260 Å². The van der Waals surface area contributed by atoms with Crippen LogP contribution in [-0.4, -0.2) is 58.7 Å². The number of ether oxygens (including phenoxy) is 2. The van der Waals surface area contributed by atoms with Gasteiger partial charge < -0.3 is 19.7 Å². The number of amides is 1. The summed E-state index contributed by atoms with van der Waals surface area (Å²) in [5, 5.41) is 3.56. The zero-order chi connectivity index (χ0) is 30.7. The molecule has 2 aromatic heterocycles. The zero-order valence-electron chi connectivity index (χ0n) is 25.9. The van der Waals surface area contributed by atoms with Crippen molar-refractivity contribution < 1.29 is 14.3 Å². The number of piperidine rings is 1. The summed E-state index contributed by atoms with van der Waals surface area (Å²) in [6.07, 6.45) is 9.22. The molecule has 0 aliphatic carbocycles. The third kappa shape index (κ3) is 8.54. The number of rotatable bonds is 12. The first-order valence-corrected chi connectivity index (χ1v) is 15.4. The van der Waals surface area contributed by atoms with Gasteiger partial charge in [0, 0.05) is 24.6 Å². The van der Waals surface area contributed by atoms with Crippen molar-refractivity contribution in [2.24, 2.45) is 0 Å². The Hall–Kier alpha value is -4.50. The van der Waals surface area contributed by atoms with Crippen LogP contribution in [0, 0.1) is 20.8 Å². The van der Waals surface area contributed by atoms with Gasteiger partial charge in [-0.3, -0.25) is 9.88 Å². The van der Waals surface area contributed by atoms with E-state index in [1.54, 1.807) is 18.5 Å². The molecule has 0 radical (unpaired) electrons. The second-order valence-corrected chi connectivity index (χ2v) is 11.4. The van der Waals surface area contributed by atoms with Crippen LogP contribution in [0.4, 0.5) is 16.3 Å². The maximum absolute atomic E-state index is 13.8. The molecule has 1 N–H and O–H groups in total. The Balaban J connectivity index is 1.30. The Morgan fingerprint density at radius 1 is 0.955 bits per heavy atom. The summed E-state index contributed by atoms with van der Waals surface area (Å²) in [4.78, 5) is 30.8. The summed E-state index contributed by atoms with van der Waals surface area (Å²) in [5.41, 5.74) is 4.56. The Morgan fingerprint density at radius 2 is 1.73 bits per heavy atom. The Kier molecular flexibility index (Phi) is 10.8. The van der Waals surface area contributed by atoms with E-state index >= 15 is 0 Å². The van der Waals surface area contributed by atoms with Gasteiger partial charge in [-0.05, 0) is 107 Å². The predicted molar refractivity (Wildman–Crippen MR) is 174 cm³/mol. The van der Waals surface area contributed by atoms with Crippen molar-refractivity contribution in [2.45, 2.75) is 52.5 Å². The third-order valence-corrected chi connectivity index (χ3v) is 7.80. The number of pyridine rings is 1. The molecule has 9 heteroatoms. The first kappa shape index (κ1) is 30.9. The summed E-state index contributed by atoms with van der Waals surface area (Å²) in [5.74, 6) is 1.82. The van der Waals surface area contributed by atoms with Gasteiger partial charge in [-0.1, -0.05) is 30.2 Å². The molecule has 44 heavy (non-hydrogen) atoms. The molecule has 1 amide bonds. The van der Waals surface area contributed by atoms with Crippen LogP contribution in [0.5, 0.6) is 11.5 Å². The van der Waals surface area contributed by atoms with E-state index < -0.39 is 6.09 Å². The second-order valence-electron chi connectivity index (χ2n) is 11.4. The lowest BCUT2D eigenvalue weighted by Crippen LogP contribution is -2.39. The van der Waals surface area contributed by atoms with E-state index in [-0.39, 0.29) is 12.6 Å². The molecule has 0 saturated carbocycles. The van der Waals surface area contributed by atoms with Crippen LogP contribution < -0.4 is 19.7 Å². The number of benzene rings is 2. The molecule has 0 bridgehead atoms. The van der Waals surface area contributed by atoms with Gasteiger partial charge in [-0.25, -0.2) is 14.8 Å². The summed E-state index contributed by atoms with van der Waals surface area (Å²) >= 11 is 0. The van der Waals surface area contributed by atoms with Crippen LogP contribution in [0.15, 0.2) is 79.4 Å². The molecule has 1 unspecified atom stereocenters. The standard InChI is InChI=1S/C35H42N6O3/c1-26-22-27(2)34(28(3)23-26)44-35(42)41(33-15-17-36-25-38-33)24-32(31-10-5-6-16-37-31)39-29-11-13-30(14-12-29)43-21-9-20-40-18-7-4-8-19-40/h5-6,10-17,22-23,25,32,39H,4,7-9,18-21,24H2,1-3H3. The highest BCUT2D eigenvalue weighted by molar-refractivity contribution is 5.88. The third-order valence-electron chi connectivity index (χ3n) is 7.80. The monoisotopic (exact) mass is 594 g/mol. The molecule has 2 aromatic carbocycles. The van der Waals surface area contributed by atoms with E-state index in [2.05, 4.69) is 25.2 Å². The van der Waals surface area contributed by atoms with Crippen molar-refractivity contribution in [3.63, 3.8) is 0 Å². The molecular weight excluding hydrogens is 552 g/mol. The molecule has 1 aliphatic rings. The van der Waals surface area contributed by atoms with Gasteiger partial charge in [0.25, 0.3) is 0 Å². The molecule has 1 saturated heterocycles. The van der Waals surface area contributed by atoms with E-state index in [0.29, 0.717) is 18.2 Å². The van der Waals surface area contributed by atoms with Crippen LogP contribution in [0.25, 0.3) is 0 Å². The van der Waals surface area contributed by atoms with Gasteiger partial charge in [0.1, 0.15) is 23.6 Å². The maximum atomic E-state index is 13.8. The normalized spacial score (nSPS) is 14.1. The van der Waals surface area contributed by atoms with Gasteiger partial charge in [-0.2, -0.15) is 0 Å². The molecule has 9 nitrogen and oxygen atoms in total. The summed E-state index contributed by atoms with van der Waals surface area (Å²) in [6.45, 7) is 10.3. The second kappa shape index (κ2) is 15.3. The molecular formula is C35H42N6O3. The fourth-order valence-corrected chi connectivity index (χ4v) is 5.66. The van der Waals surface area contributed by atoms with Crippen molar-refractivity contribution in [3.8, 4) is 11.5 Å². The summed E-state index contributed by atoms with van der Waals surface area (Å²) in [6, 6.07) is 19.0. The van der Waals surface area contributed by atoms with Crippen LogP contribution >= 0.6 is 0 Å². The maximum Gasteiger partial charge on any atom is 0.421 e.